The second kappa shape index (κ2) is 4.20. The van der Waals surface area contributed by atoms with Crippen molar-refractivity contribution in [1.82, 2.24) is 10.2 Å². The van der Waals surface area contributed by atoms with E-state index in [9.17, 15) is 0 Å². The Bertz CT molecular complexity index is 365. The molecule has 0 aromatic carbocycles. The van der Waals surface area contributed by atoms with E-state index in [-0.39, 0.29) is 0 Å². The second-order valence-electron chi connectivity index (χ2n) is 4.96. The molecule has 3 rings (SSSR count). The molecule has 1 saturated carbocycles. The van der Waals surface area contributed by atoms with Crippen LogP contribution in [0.15, 0.2) is 0 Å². The van der Waals surface area contributed by atoms with Crippen LogP contribution >= 0.6 is 11.3 Å². The fourth-order valence-electron chi connectivity index (χ4n) is 3.13. The number of aromatic nitrogens is 2. The molecule has 16 heavy (non-hydrogen) atoms. The fraction of sp³-hybridized carbons (Fsp3) is 0.818. The van der Waals surface area contributed by atoms with Gasteiger partial charge < -0.3 is 10.6 Å². The van der Waals surface area contributed by atoms with Gasteiger partial charge >= 0.3 is 0 Å². The molecule has 1 aromatic rings. The number of nitrogen functional groups attached to an aromatic ring is 1. The third-order valence-electron chi connectivity index (χ3n) is 3.99. The van der Waals surface area contributed by atoms with Gasteiger partial charge in [0.2, 0.25) is 10.3 Å². The van der Waals surface area contributed by atoms with E-state index in [1.54, 1.807) is 0 Å². The van der Waals surface area contributed by atoms with Gasteiger partial charge in [-0.25, -0.2) is 0 Å². The lowest BCUT2D eigenvalue weighted by Crippen LogP contribution is -2.41. The maximum atomic E-state index is 5.64. The largest absolute Gasteiger partial charge is 0.374 e. The summed E-state index contributed by atoms with van der Waals surface area (Å²) >= 11 is 1.52. The minimum atomic E-state index is 0.584. The fourth-order valence-corrected chi connectivity index (χ4v) is 3.77. The number of nitrogens with two attached hydrogens (primary N) is 1. The van der Waals surface area contributed by atoms with Gasteiger partial charge in [-0.15, -0.1) is 10.2 Å². The Morgan fingerprint density at radius 3 is 2.69 bits per heavy atom. The first-order valence-corrected chi connectivity index (χ1v) is 6.98. The van der Waals surface area contributed by atoms with Crippen LogP contribution in [0.3, 0.4) is 0 Å². The zero-order valence-electron chi connectivity index (χ0n) is 9.43. The van der Waals surface area contributed by atoms with Crippen LogP contribution in [0.4, 0.5) is 10.3 Å². The lowest BCUT2D eigenvalue weighted by atomic mass is 9.75. The number of rotatable bonds is 1. The van der Waals surface area contributed by atoms with Crippen LogP contribution < -0.4 is 10.6 Å². The predicted molar refractivity (Wildman–Crippen MR) is 66.6 cm³/mol. The number of hydrogen-bond donors (Lipinski definition) is 1. The Balaban J connectivity index is 1.70. The first kappa shape index (κ1) is 10.3. The molecule has 2 fully saturated rings. The quantitative estimate of drug-likeness (QED) is 0.814. The Hall–Kier alpha value is -0.840. The van der Waals surface area contributed by atoms with Crippen molar-refractivity contribution in [3.8, 4) is 0 Å². The van der Waals surface area contributed by atoms with Crippen molar-refractivity contribution < 1.29 is 0 Å². The molecule has 1 aliphatic heterocycles. The Morgan fingerprint density at radius 2 is 1.94 bits per heavy atom. The first-order valence-electron chi connectivity index (χ1n) is 6.17. The zero-order chi connectivity index (χ0) is 11.0. The highest BCUT2D eigenvalue weighted by Crippen LogP contribution is 2.38. The van der Waals surface area contributed by atoms with Crippen molar-refractivity contribution in [2.45, 2.75) is 32.1 Å². The Kier molecular flexibility index (Phi) is 2.71. The highest BCUT2D eigenvalue weighted by atomic mass is 32.1. The summed E-state index contributed by atoms with van der Waals surface area (Å²) in [5.41, 5.74) is 5.64. The third-order valence-corrected chi connectivity index (χ3v) is 4.80. The molecule has 5 heteroatoms. The van der Waals surface area contributed by atoms with E-state index >= 15 is 0 Å². The average molecular weight is 238 g/mol. The second-order valence-corrected chi connectivity index (χ2v) is 5.95. The molecule has 2 N–H and O–H groups in total. The highest BCUT2D eigenvalue weighted by Gasteiger charge is 2.32. The van der Waals surface area contributed by atoms with Crippen molar-refractivity contribution >= 4 is 21.6 Å². The van der Waals surface area contributed by atoms with Crippen molar-refractivity contribution in [1.29, 1.82) is 0 Å². The van der Waals surface area contributed by atoms with Gasteiger partial charge in [-0.05, 0) is 24.7 Å². The minimum Gasteiger partial charge on any atom is -0.374 e. The Morgan fingerprint density at radius 1 is 1.12 bits per heavy atom. The summed E-state index contributed by atoms with van der Waals surface area (Å²) in [7, 11) is 0. The molecule has 0 amide bonds. The first-order chi connectivity index (χ1) is 7.83. The average Bonchev–Trinajstić information content (AvgIpc) is 2.75. The van der Waals surface area contributed by atoms with Crippen LogP contribution in [0.5, 0.6) is 0 Å². The SMILES string of the molecule is Nc1nnc(N2CC[C@@H]3CCCC[C@H]3C2)s1. The zero-order valence-corrected chi connectivity index (χ0v) is 10.2. The number of nitrogens with zero attached hydrogens (tertiary/aromatic N) is 3. The van der Waals surface area contributed by atoms with Crippen molar-refractivity contribution in [2.75, 3.05) is 23.7 Å². The minimum absolute atomic E-state index is 0.584. The molecule has 2 aliphatic rings. The molecule has 4 nitrogen and oxygen atoms in total. The van der Waals surface area contributed by atoms with Crippen LogP contribution in [-0.2, 0) is 0 Å². The van der Waals surface area contributed by atoms with Gasteiger partial charge in [0.25, 0.3) is 0 Å². The van der Waals surface area contributed by atoms with Crippen LogP contribution in [0.1, 0.15) is 32.1 Å². The van der Waals surface area contributed by atoms with E-state index in [0.29, 0.717) is 5.13 Å². The number of fused-ring (bicyclic) bond motifs is 1. The van der Waals surface area contributed by atoms with Crippen molar-refractivity contribution in [3.63, 3.8) is 0 Å². The van der Waals surface area contributed by atoms with E-state index in [0.717, 1.165) is 23.5 Å². The van der Waals surface area contributed by atoms with Crippen LogP contribution in [0.2, 0.25) is 0 Å². The lowest BCUT2D eigenvalue weighted by molar-refractivity contribution is 0.202. The summed E-state index contributed by atoms with van der Waals surface area (Å²) in [6.45, 7) is 2.30. The lowest BCUT2D eigenvalue weighted by Gasteiger charge is -2.41. The maximum absolute atomic E-state index is 5.64. The molecule has 1 saturated heterocycles. The highest BCUT2D eigenvalue weighted by molar-refractivity contribution is 7.18. The van der Waals surface area contributed by atoms with Gasteiger partial charge in [0, 0.05) is 13.1 Å². The number of hydrogen-bond acceptors (Lipinski definition) is 5. The Labute approximate surface area is 99.9 Å². The van der Waals surface area contributed by atoms with Crippen LogP contribution in [0, 0.1) is 11.8 Å². The topological polar surface area (TPSA) is 55.0 Å². The van der Waals surface area contributed by atoms with Gasteiger partial charge in [-0.3, -0.25) is 0 Å². The normalized spacial score (nSPS) is 30.1. The van der Waals surface area contributed by atoms with Gasteiger partial charge in [0.1, 0.15) is 0 Å². The van der Waals surface area contributed by atoms with Gasteiger partial charge in [-0.1, -0.05) is 30.6 Å². The molecular formula is C11H18N4S. The molecule has 0 bridgehead atoms. The van der Waals surface area contributed by atoms with Crippen LogP contribution in [-0.4, -0.2) is 23.3 Å². The molecular weight excluding hydrogens is 220 g/mol. The number of piperidine rings is 1. The summed E-state index contributed by atoms with van der Waals surface area (Å²) in [4.78, 5) is 2.38. The van der Waals surface area contributed by atoms with Crippen LogP contribution in [0.25, 0.3) is 0 Å². The summed E-state index contributed by atoms with van der Waals surface area (Å²) in [6, 6.07) is 0. The molecule has 1 aromatic heterocycles. The molecule has 0 unspecified atom stereocenters. The smallest absolute Gasteiger partial charge is 0.209 e. The molecule has 0 spiro atoms. The predicted octanol–water partition coefficient (Wildman–Crippen LogP) is 2.14. The van der Waals surface area contributed by atoms with Gasteiger partial charge in [0.15, 0.2) is 0 Å². The van der Waals surface area contributed by atoms with Crippen molar-refractivity contribution in [2.24, 2.45) is 11.8 Å². The summed E-state index contributed by atoms with van der Waals surface area (Å²) in [6.07, 6.45) is 7.01. The van der Waals surface area contributed by atoms with E-state index in [1.165, 1.54) is 50.0 Å². The van der Waals surface area contributed by atoms with E-state index < -0.39 is 0 Å². The summed E-state index contributed by atoms with van der Waals surface area (Å²) in [5.74, 6) is 1.85. The standard InChI is InChI=1S/C11H18N4S/c12-10-13-14-11(16-10)15-6-5-8-3-1-2-4-9(8)7-15/h8-9H,1-7H2,(H2,12,13)/t8-,9-/m0/s1. The van der Waals surface area contributed by atoms with Crippen molar-refractivity contribution in [3.05, 3.63) is 0 Å². The summed E-state index contributed by atoms with van der Waals surface area (Å²) < 4.78 is 0. The van der Waals surface area contributed by atoms with E-state index in [4.69, 9.17) is 5.73 Å². The molecule has 0 radical (unpaired) electrons. The molecule has 1 aliphatic carbocycles. The number of anilines is 2. The van der Waals surface area contributed by atoms with Gasteiger partial charge in [-0.2, -0.15) is 0 Å². The maximum Gasteiger partial charge on any atom is 0.209 e. The molecule has 88 valence electrons. The monoisotopic (exact) mass is 238 g/mol. The van der Waals surface area contributed by atoms with Gasteiger partial charge in [0.05, 0.1) is 0 Å². The van der Waals surface area contributed by atoms with E-state index in [1.807, 2.05) is 0 Å². The molecule has 2 atom stereocenters. The molecule has 2 heterocycles. The summed E-state index contributed by atoms with van der Waals surface area (Å²) in [5, 5.41) is 9.65. The third kappa shape index (κ3) is 1.88. The van der Waals surface area contributed by atoms with E-state index in [2.05, 4.69) is 15.1 Å².